The Bertz CT molecular complexity index is 1100. The molecule has 0 bridgehead atoms. The summed E-state index contributed by atoms with van der Waals surface area (Å²) in [6.07, 6.45) is 3.86. The Morgan fingerprint density at radius 2 is 1.63 bits per heavy atom. The van der Waals surface area contributed by atoms with Crippen LogP contribution in [0.5, 0.6) is 0 Å². The van der Waals surface area contributed by atoms with Gasteiger partial charge in [-0.15, -0.1) is 0 Å². The number of imidazole rings is 1. The number of hydrogen-bond donors (Lipinski definition) is 0. The van der Waals surface area contributed by atoms with Crippen molar-refractivity contribution in [2.45, 2.75) is 20.8 Å². The highest BCUT2D eigenvalue weighted by atomic mass is 79.9. The molecule has 0 atom stereocenters. The fourth-order valence-electron chi connectivity index (χ4n) is 3.56. The molecular weight excluding hydrogens is 466 g/mol. The summed E-state index contributed by atoms with van der Waals surface area (Å²) in [5, 5.41) is 0. The molecule has 3 nitrogen and oxygen atoms in total. The van der Waals surface area contributed by atoms with E-state index >= 15 is 0 Å². The van der Waals surface area contributed by atoms with E-state index in [1.807, 2.05) is 12.4 Å². The smallest absolute Gasteiger partial charge is 0.144 e. The van der Waals surface area contributed by atoms with E-state index in [9.17, 15) is 0 Å². The van der Waals surface area contributed by atoms with Gasteiger partial charge in [-0.1, -0.05) is 28.1 Å². The number of aryl methyl sites for hydroxylation is 3. The molecule has 136 valence electrons. The number of benzene rings is 2. The molecule has 4 rings (SSSR count). The van der Waals surface area contributed by atoms with E-state index in [0.717, 1.165) is 31.7 Å². The van der Waals surface area contributed by atoms with Gasteiger partial charge in [0.05, 0.1) is 5.69 Å². The number of aromatic nitrogens is 3. The van der Waals surface area contributed by atoms with E-state index in [4.69, 9.17) is 0 Å². The van der Waals surface area contributed by atoms with Gasteiger partial charge in [0.2, 0.25) is 0 Å². The van der Waals surface area contributed by atoms with Crippen LogP contribution in [0.1, 0.15) is 17.0 Å². The van der Waals surface area contributed by atoms with Crippen LogP contribution in [0.15, 0.2) is 69.9 Å². The highest BCUT2D eigenvalue weighted by molar-refractivity contribution is 9.11. The van der Waals surface area contributed by atoms with Gasteiger partial charge in [-0.2, -0.15) is 0 Å². The average molecular weight is 485 g/mol. The summed E-state index contributed by atoms with van der Waals surface area (Å²) < 4.78 is 6.48. The Labute approximate surface area is 175 Å². The number of nitrogens with zero attached hydrogens (tertiary/aromatic N) is 3. The van der Waals surface area contributed by atoms with Crippen LogP contribution in [0.3, 0.4) is 0 Å². The Hall–Kier alpha value is -2.11. The van der Waals surface area contributed by atoms with Crippen LogP contribution >= 0.6 is 31.9 Å². The standard InChI is InChI=1S/C22H19Br2N3/c1-14-11-18(23)13-20(24)21(14)26-10-9-25-22(26)17-5-4-6-19(12-17)27-15(2)7-8-16(27)3/h4-13H,1-3H3. The molecule has 0 amide bonds. The van der Waals surface area contributed by atoms with Gasteiger partial charge in [0, 0.05) is 44.0 Å². The van der Waals surface area contributed by atoms with Crippen LogP contribution in [-0.2, 0) is 0 Å². The molecule has 2 aromatic carbocycles. The lowest BCUT2D eigenvalue weighted by Crippen LogP contribution is -2.02. The zero-order valence-corrected chi connectivity index (χ0v) is 18.5. The second-order valence-electron chi connectivity index (χ2n) is 6.68. The maximum absolute atomic E-state index is 4.66. The second-order valence-corrected chi connectivity index (χ2v) is 8.45. The van der Waals surface area contributed by atoms with Gasteiger partial charge in [0.25, 0.3) is 0 Å². The van der Waals surface area contributed by atoms with E-state index in [1.54, 1.807) is 0 Å². The molecule has 2 heterocycles. The summed E-state index contributed by atoms with van der Waals surface area (Å²) in [5.74, 6) is 0.922. The first kappa shape index (κ1) is 18.3. The fourth-order valence-corrected chi connectivity index (χ4v) is 5.19. The maximum atomic E-state index is 4.66. The van der Waals surface area contributed by atoms with Gasteiger partial charge in [-0.05, 0) is 78.7 Å². The first-order valence-corrected chi connectivity index (χ1v) is 10.3. The van der Waals surface area contributed by atoms with E-state index in [2.05, 4.69) is 115 Å². The molecule has 0 N–H and O–H groups in total. The molecule has 0 radical (unpaired) electrons. The molecule has 0 aliphatic rings. The fraction of sp³-hybridized carbons (Fsp3) is 0.136. The van der Waals surface area contributed by atoms with Crippen molar-refractivity contribution in [2.24, 2.45) is 0 Å². The van der Waals surface area contributed by atoms with Crippen molar-refractivity contribution in [3.05, 3.63) is 86.8 Å². The van der Waals surface area contributed by atoms with Crippen molar-refractivity contribution in [3.63, 3.8) is 0 Å². The zero-order chi connectivity index (χ0) is 19.1. The Balaban J connectivity index is 1.86. The first-order valence-electron chi connectivity index (χ1n) is 8.71. The number of rotatable bonds is 3. The monoisotopic (exact) mass is 483 g/mol. The number of halogens is 2. The minimum Gasteiger partial charge on any atom is -0.318 e. The van der Waals surface area contributed by atoms with E-state index in [0.29, 0.717) is 0 Å². The van der Waals surface area contributed by atoms with Crippen LogP contribution in [0.25, 0.3) is 22.8 Å². The highest BCUT2D eigenvalue weighted by Gasteiger charge is 2.14. The van der Waals surface area contributed by atoms with Gasteiger partial charge < -0.3 is 4.57 Å². The van der Waals surface area contributed by atoms with Crippen LogP contribution in [-0.4, -0.2) is 14.1 Å². The Kier molecular flexibility index (Phi) is 4.82. The molecule has 0 fully saturated rings. The van der Waals surface area contributed by atoms with Crippen molar-refractivity contribution < 1.29 is 0 Å². The predicted molar refractivity (Wildman–Crippen MR) is 118 cm³/mol. The van der Waals surface area contributed by atoms with Crippen molar-refractivity contribution in [3.8, 4) is 22.8 Å². The Morgan fingerprint density at radius 3 is 2.33 bits per heavy atom. The van der Waals surface area contributed by atoms with Crippen molar-refractivity contribution in [1.29, 1.82) is 0 Å². The van der Waals surface area contributed by atoms with Crippen molar-refractivity contribution in [1.82, 2.24) is 14.1 Å². The van der Waals surface area contributed by atoms with Crippen LogP contribution in [0, 0.1) is 20.8 Å². The summed E-state index contributed by atoms with van der Waals surface area (Å²) in [4.78, 5) is 4.66. The third-order valence-corrected chi connectivity index (χ3v) is 5.80. The largest absolute Gasteiger partial charge is 0.318 e. The minimum atomic E-state index is 0.922. The SMILES string of the molecule is Cc1cc(Br)cc(Br)c1-n1ccnc1-c1cccc(-n2c(C)ccc2C)c1. The zero-order valence-electron chi connectivity index (χ0n) is 15.4. The van der Waals surface area contributed by atoms with E-state index in [-0.39, 0.29) is 0 Å². The van der Waals surface area contributed by atoms with E-state index < -0.39 is 0 Å². The molecule has 0 unspecified atom stereocenters. The molecule has 0 aliphatic carbocycles. The average Bonchev–Trinajstić information content (AvgIpc) is 3.21. The second kappa shape index (κ2) is 7.13. The lowest BCUT2D eigenvalue weighted by molar-refractivity contribution is 0.964. The summed E-state index contributed by atoms with van der Waals surface area (Å²) in [6, 6.07) is 17.0. The third-order valence-electron chi connectivity index (χ3n) is 4.73. The quantitative estimate of drug-likeness (QED) is 0.314. The summed E-state index contributed by atoms with van der Waals surface area (Å²) in [6.45, 7) is 6.36. The third kappa shape index (κ3) is 3.30. The summed E-state index contributed by atoms with van der Waals surface area (Å²) in [7, 11) is 0. The molecule has 0 spiro atoms. The topological polar surface area (TPSA) is 22.8 Å². The molecule has 0 saturated carbocycles. The lowest BCUT2D eigenvalue weighted by atomic mass is 10.1. The van der Waals surface area contributed by atoms with Gasteiger partial charge in [0.15, 0.2) is 0 Å². The normalized spacial score (nSPS) is 11.1. The summed E-state index contributed by atoms with van der Waals surface area (Å²) in [5.41, 5.74) is 6.94. The molecule has 0 saturated heterocycles. The minimum absolute atomic E-state index is 0.922. The van der Waals surface area contributed by atoms with Gasteiger partial charge >= 0.3 is 0 Å². The van der Waals surface area contributed by atoms with Crippen molar-refractivity contribution >= 4 is 31.9 Å². The first-order chi connectivity index (χ1) is 13.0. The Morgan fingerprint density at radius 1 is 0.889 bits per heavy atom. The molecule has 27 heavy (non-hydrogen) atoms. The lowest BCUT2D eigenvalue weighted by Gasteiger charge is -2.15. The van der Waals surface area contributed by atoms with Crippen LogP contribution in [0.4, 0.5) is 0 Å². The van der Waals surface area contributed by atoms with E-state index in [1.165, 1.54) is 17.0 Å². The molecule has 0 aliphatic heterocycles. The molecule has 4 aromatic rings. The highest BCUT2D eigenvalue weighted by Crippen LogP contribution is 2.32. The van der Waals surface area contributed by atoms with Gasteiger partial charge in [-0.3, -0.25) is 4.57 Å². The van der Waals surface area contributed by atoms with Crippen LogP contribution in [0.2, 0.25) is 0 Å². The maximum Gasteiger partial charge on any atom is 0.144 e. The summed E-state index contributed by atoms with van der Waals surface area (Å²) >= 11 is 7.27. The molecule has 2 aromatic heterocycles. The van der Waals surface area contributed by atoms with Crippen LogP contribution < -0.4 is 0 Å². The molecular formula is C22H19Br2N3. The van der Waals surface area contributed by atoms with Gasteiger partial charge in [-0.25, -0.2) is 4.98 Å². The van der Waals surface area contributed by atoms with Gasteiger partial charge in [0.1, 0.15) is 5.82 Å². The number of hydrogen-bond acceptors (Lipinski definition) is 1. The molecule has 5 heteroatoms. The predicted octanol–water partition coefficient (Wildman–Crippen LogP) is 6.78. The van der Waals surface area contributed by atoms with Crippen molar-refractivity contribution in [2.75, 3.05) is 0 Å².